The fourth-order valence-corrected chi connectivity index (χ4v) is 3.63. The molecule has 3 aromatic rings. The van der Waals surface area contributed by atoms with Crippen LogP contribution in [0.3, 0.4) is 0 Å². The van der Waals surface area contributed by atoms with Gasteiger partial charge in [-0.2, -0.15) is 0 Å². The van der Waals surface area contributed by atoms with E-state index in [0.29, 0.717) is 10.8 Å². The SMILES string of the molecule is O=c1c2ccccc2c(Br)c(Br)c2ccc(Br)cc12. The average Bonchev–Trinajstić information content (AvgIpc) is 2.51. The minimum Gasteiger partial charge on any atom is -0.289 e. The first kappa shape index (κ1) is 13.3. The summed E-state index contributed by atoms with van der Waals surface area (Å²) in [4.78, 5) is 12.7. The lowest BCUT2D eigenvalue weighted by molar-refractivity contribution is 1.70. The summed E-state index contributed by atoms with van der Waals surface area (Å²) in [5.41, 5.74) is 0.0401. The van der Waals surface area contributed by atoms with E-state index >= 15 is 0 Å². The van der Waals surface area contributed by atoms with Gasteiger partial charge in [0, 0.05) is 35.0 Å². The molecule has 0 saturated carbocycles. The Balaban J connectivity index is 2.76. The molecule has 0 spiro atoms. The fraction of sp³-hybridized carbons (Fsp3) is 0. The first-order chi connectivity index (χ1) is 9.09. The molecule has 1 nitrogen and oxygen atoms in total. The van der Waals surface area contributed by atoms with E-state index in [1.54, 1.807) is 0 Å². The second kappa shape index (κ2) is 5.00. The minimum absolute atomic E-state index is 0.0401. The highest BCUT2D eigenvalue weighted by atomic mass is 79.9. The Bertz CT molecular complexity index is 872. The summed E-state index contributed by atoms with van der Waals surface area (Å²) < 4.78 is 2.70. The lowest BCUT2D eigenvalue weighted by Gasteiger charge is -1.97. The van der Waals surface area contributed by atoms with Crippen molar-refractivity contribution in [3.05, 3.63) is 66.1 Å². The molecule has 0 fully saturated rings. The third-order valence-electron chi connectivity index (χ3n) is 3.06. The van der Waals surface area contributed by atoms with Crippen LogP contribution < -0.4 is 5.43 Å². The van der Waals surface area contributed by atoms with Crippen LogP contribution in [0.5, 0.6) is 0 Å². The van der Waals surface area contributed by atoms with Crippen LogP contribution in [0.15, 0.2) is 60.7 Å². The molecule has 0 aromatic heterocycles. The Labute approximate surface area is 135 Å². The zero-order chi connectivity index (χ0) is 13.6. The Hall–Kier alpha value is -0.710. The summed E-state index contributed by atoms with van der Waals surface area (Å²) in [7, 11) is 0. The first-order valence-corrected chi connectivity index (χ1v) is 7.97. The summed E-state index contributed by atoms with van der Waals surface area (Å²) in [6.45, 7) is 0. The second-order valence-corrected chi connectivity index (χ2v) is 6.69. The number of rotatable bonds is 0. The maximum atomic E-state index is 12.7. The van der Waals surface area contributed by atoms with Crippen LogP contribution in [0, 0.1) is 0 Å². The van der Waals surface area contributed by atoms with Crippen LogP contribution in [0.1, 0.15) is 0 Å². The Morgan fingerprint density at radius 1 is 0.684 bits per heavy atom. The normalized spacial score (nSPS) is 11.1. The lowest BCUT2D eigenvalue weighted by Crippen LogP contribution is -1.97. The highest BCUT2D eigenvalue weighted by Crippen LogP contribution is 2.34. The quantitative estimate of drug-likeness (QED) is 0.440. The van der Waals surface area contributed by atoms with Crippen molar-refractivity contribution in [1.29, 1.82) is 0 Å². The predicted molar refractivity (Wildman–Crippen MR) is 90.8 cm³/mol. The largest absolute Gasteiger partial charge is 0.289 e. The van der Waals surface area contributed by atoms with E-state index in [0.717, 1.165) is 24.2 Å². The van der Waals surface area contributed by atoms with Gasteiger partial charge in [-0.25, -0.2) is 0 Å². The van der Waals surface area contributed by atoms with Gasteiger partial charge in [-0.15, -0.1) is 0 Å². The van der Waals surface area contributed by atoms with E-state index in [4.69, 9.17) is 0 Å². The second-order valence-electron chi connectivity index (χ2n) is 4.19. The summed E-state index contributed by atoms with van der Waals surface area (Å²) in [5.74, 6) is 0. The number of hydrogen-bond acceptors (Lipinski definition) is 1. The van der Waals surface area contributed by atoms with Gasteiger partial charge in [-0.1, -0.05) is 46.3 Å². The Kier molecular flexibility index (Phi) is 3.50. The maximum absolute atomic E-state index is 12.7. The molecule has 0 N–H and O–H groups in total. The van der Waals surface area contributed by atoms with E-state index in [2.05, 4.69) is 47.8 Å². The molecule has 0 aliphatic heterocycles. The summed E-state index contributed by atoms with van der Waals surface area (Å²) in [5, 5.41) is 3.22. The highest BCUT2D eigenvalue weighted by Gasteiger charge is 2.10. The number of benzene rings is 2. The molecule has 0 saturated heterocycles. The minimum atomic E-state index is 0.0401. The van der Waals surface area contributed by atoms with Gasteiger partial charge in [0.1, 0.15) is 0 Å². The van der Waals surface area contributed by atoms with Crippen molar-refractivity contribution in [2.45, 2.75) is 0 Å². The molecule has 0 heterocycles. The molecule has 0 amide bonds. The molecule has 4 heteroatoms. The predicted octanol–water partition coefficient (Wildman–Crippen LogP) is 5.64. The van der Waals surface area contributed by atoms with E-state index < -0.39 is 0 Å². The zero-order valence-electron chi connectivity index (χ0n) is 9.58. The summed E-state index contributed by atoms with van der Waals surface area (Å²) >= 11 is 10.6. The standard InChI is InChI=1S/C15H7Br3O/c16-8-5-6-10-12(7-8)15(19)11-4-2-1-3-9(11)13(17)14(10)18/h1-7H. The Morgan fingerprint density at radius 2 is 1.26 bits per heavy atom. The molecule has 19 heavy (non-hydrogen) atoms. The van der Waals surface area contributed by atoms with Gasteiger partial charge in [-0.05, 0) is 44.0 Å². The number of hydrogen-bond donors (Lipinski definition) is 0. The van der Waals surface area contributed by atoms with Crippen molar-refractivity contribution in [2.24, 2.45) is 0 Å². The van der Waals surface area contributed by atoms with E-state index in [9.17, 15) is 4.79 Å². The van der Waals surface area contributed by atoms with Crippen LogP contribution in [0.4, 0.5) is 0 Å². The van der Waals surface area contributed by atoms with Gasteiger partial charge in [0.15, 0.2) is 5.43 Å². The van der Waals surface area contributed by atoms with Crippen molar-refractivity contribution in [3.63, 3.8) is 0 Å². The van der Waals surface area contributed by atoms with Crippen molar-refractivity contribution < 1.29 is 0 Å². The molecule has 0 bridgehead atoms. The molecular weight excluding hydrogens is 436 g/mol. The van der Waals surface area contributed by atoms with Crippen molar-refractivity contribution >= 4 is 69.3 Å². The molecule has 0 aliphatic rings. The van der Waals surface area contributed by atoms with Crippen LogP contribution in [0.25, 0.3) is 21.5 Å². The van der Waals surface area contributed by atoms with Gasteiger partial charge in [0.2, 0.25) is 0 Å². The van der Waals surface area contributed by atoms with Crippen LogP contribution in [0.2, 0.25) is 0 Å². The zero-order valence-corrected chi connectivity index (χ0v) is 14.3. The third-order valence-corrected chi connectivity index (χ3v) is 5.74. The smallest absolute Gasteiger partial charge is 0.194 e. The highest BCUT2D eigenvalue weighted by molar-refractivity contribution is 9.13. The molecule has 0 aliphatic carbocycles. The molecular formula is C15H7Br3O. The van der Waals surface area contributed by atoms with Crippen LogP contribution in [-0.4, -0.2) is 0 Å². The lowest BCUT2D eigenvalue weighted by atomic mass is 10.1. The molecule has 94 valence electrons. The van der Waals surface area contributed by atoms with E-state index in [-0.39, 0.29) is 5.43 Å². The summed E-state index contributed by atoms with van der Waals surface area (Å²) in [6, 6.07) is 13.3. The molecule has 3 aromatic carbocycles. The topological polar surface area (TPSA) is 17.1 Å². The Morgan fingerprint density at radius 3 is 1.95 bits per heavy atom. The first-order valence-electron chi connectivity index (χ1n) is 5.59. The maximum Gasteiger partial charge on any atom is 0.194 e. The van der Waals surface area contributed by atoms with Gasteiger partial charge in [0.25, 0.3) is 0 Å². The van der Waals surface area contributed by atoms with E-state index in [1.165, 1.54) is 0 Å². The fourth-order valence-electron chi connectivity index (χ4n) is 2.15. The number of halogens is 3. The van der Waals surface area contributed by atoms with Crippen molar-refractivity contribution in [3.8, 4) is 0 Å². The van der Waals surface area contributed by atoms with Gasteiger partial charge in [-0.3, -0.25) is 4.79 Å². The number of fused-ring (bicyclic) bond motifs is 2. The molecule has 0 unspecified atom stereocenters. The van der Waals surface area contributed by atoms with E-state index in [1.807, 2.05) is 42.5 Å². The molecule has 3 rings (SSSR count). The third kappa shape index (κ3) is 2.16. The van der Waals surface area contributed by atoms with Crippen LogP contribution in [-0.2, 0) is 0 Å². The van der Waals surface area contributed by atoms with Gasteiger partial charge < -0.3 is 0 Å². The average molecular weight is 443 g/mol. The van der Waals surface area contributed by atoms with Crippen molar-refractivity contribution in [1.82, 2.24) is 0 Å². The van der Waals surface area contributed by atoms with Crippen molar-refractivity contribution in [2.75, 3.05) is 0 Å². The molecule has 0 atom stereocenters. The van der Waals surface area contributed by atoms with Crippen LogP contribution >= 0.6 is 47.8 Å². The monoisotopic (exact) mass is 440 g/mol. The van der Waals surface area contributed by atoms with Gasteiger partial charge in [0.05, 0.1) is 0 Å². The summed E-state index contributed by atoms with van der Waals surface area (Å²) in [6.07, 6.45) is 0. The molecule has 0 radical (unpaired) electrons. The van der Waals surface area contributed by atoms with Gasteiger partial charge >= 0.3 is 0 Å².